The molecule has 0 aliphatic carbocycles. The monoisotopic (exact) mass is 820 g/mol. The molecule has 0 nitrogen and oxygen atoms in total. The van der Waals surface area contributed by atoms with Crippen LogP contribution in [-0.2, 0) is 23.5 Å². The molecule has 0 saturated heterocycles. The SMILES string of the molecule is ClCc1ccccc1[Se][Se]c1ccccc1CCl.ClCc1ccccc1[Se][Se]c1ccccc1CCl. The molecule has 0 atom stereocenters. The Morgan fingerprint density at radius 3 is 0.722 bits per heavy atom. The number of hydrogen-bond donors (Lipinski definition) is 0. The molecule has 4 aromatic carbocycles. The van der Waals surface area contributed by atoms with Gasteiger partial charge in [-0.1, -0.05) is 0 Å². The van der Waals surface area contributed by atoms with E-state index in [4.69, 9.17) is 46.4 Å². The molecule has 0 aliphatic heterocycles. The number of rotatable bonds is 10. The fraction of sp³-hybridized carbons (Fsp3) is 0.143. The Bertz CT molecular complexity index is 1030. The van der Waals surface area contributed by atoms with Gasteiger partial charge in [-0.25, -0.2) is 0 Å². The summed E-state index contributed by atoms with van der Waals surface area (Å²) in [6, 6.07) is 33.8. The van der Waals surface area contributed by atoms with E-state index in [0.29, 0.717) is 76.0 Å². The molecule has 0 saturated carbocycles. The van der Waals surface area contributed by atoms with Crippen LogP contribution in [0.15, 0.2) is 97.1 Å². The van der Waals surface area contributed by atoms with Crippen molar-refractivity contribution < 1.29 is 0 Å². The molecule has 0 aliphatic rings. The van der Waals surface area contributed by atoms with E-state index in [-0.39, 0.29) is 0 Å². The number of halogens is 4. The van der Waals surface area contributed by atoms with E-state index in [1.807, 2.05) is 0 Å². The maximum absolute atomic E-state index is 5.97. The van der Waals surface area contributed by atoms with Crippen LogP contribution in [0.1, 0.15) is 22.3 Å². The van der Waals surface area contributed by atoms with Crippen molar-refractivity contribution in [3.63, 3.8) is 0 Å². The molecule has 0 unspecified atom stereocenters. The van der Waals surface area contributed by atoms with Crippen LogP contribution in [0.3, 0.4) is 0 Å². The van der Waals surface area contributed by atoms with Gasteiger partial charge in [-0.15, -0.1) is 0 Å². The summed E-state index contributed by atoms with van der Waals surface area (Å²) in [7, 11) is 0. The molecule has 0 radical (unpaired) electrons. The van der Waals surface area contributed by atoms with Crippen LogP contribution < -0.4 is 17.8 Å². The first-order valence-corrected chi connectivity index (χ1v) is 25.2. The van der Waals surface area contributed by atoms with Gasteiger partial charge in [0.05, 0.1) is 0 Å². The molecule has 0 amide bonds. The van der Waals surface area contributed by atoms with Crippen LogP contribution in [0.5, 0.6) is 0 Å². The number of hydrogen-bond acceptors (Lipinski definition) is 0. The van der Waals surface area contributed by atoms with Crippen LogP contribution in [0, 0.1) is 0 Å². The third-order valence-corrected chi connectivity index (χ3v) is 20.9. The minimum atomic E-state index is 0.473. The van der Waals surface area contributed by atoms with E-state index in [1.165, 1.54) is 40.1 Å². The normalized spacial score (nSPS) is 10.6. The van der Waals surface area contributed by atoms with Crippen molar-refractivity contribution in [1.82, 2.24) is 0 Å². The van der Waals surface area contributed by atoms with Crippen LogP contribution >= 0.6 is 46.4 Å². The van der Waals surface area contributed by atoms with Gasteiger partial charge in [0.1, 0.15) is 0 Å². The van der Waals surface area contributed by atoms with Crippen molar-refractivity contribution in [3.05, 3.63) is 119 Å². The van der Waals surface area contributed by atoms with E-state index in [0.717, 1.165) is 0 Å². The topological polar surface area (TPSA) is 0 Å². The summed E-state index contributed by atoms with van der Waals surface area (Å²) >= 11 is 25.8. The van der Waals surface area contributed by atoms with Gasteiger partial charge in [0, 0.05) is 0 Å². The summed E-state index contributed by atoms with van der Waals surface area (Å²) < 4.78 is 5.68. The zero-order chi connectivity index (χ0) is 25.6. The molecule has 188 valence electrons. The van der Waals surface area contributed by atoms with Gasteiger partial charge in [-0.3, -0.25) is 0 Å². The van der Waals surface area contributed by atoms with E-state index in [2.05, 4.69) is 97.1 Å². The Hall–Kier alpha value is 0.118. The summed E-state index contributed by atoms with van der Waals surface area (Å²) in [4.78, 5) is 0. The van der Waals surface area contributed by atoms with Crippen LogP contribution in [0.2, 0.25) is 0 Å². The summed E-state index contributed by atoms with van der Waals surface area (Å²) in [6.07, 6.45) is 0. The molecular formula is C28H24Cl4Se4. The maximum atomic E-state index is 5.97. The van der Waals surface area contributed by atoms with Gasteiger partial charge in [0.15, 0.2) is 0 Å². The fourth-order valence-electron chi connectivity index (χ4n) is 2.96. The summed E-state index contributed by atoms with van der Waals surface area (Å²) in [6.45, 7) is 0. The van der Waals surface area contributed by atoms with Crippen molar-refractivity contribution in [2.45, 2.75) is 23.5 Å². The average molecular weight is 818 g/mol. The second-order valence-corrected chi connectivity index (χ2v) is 20.7. The average Bonchev–Trinajstić information content (AvgIpc) is 2.95. The van der Waals surface area contributed by atoms with E-state index in [9.17, 15) is 0 Å². The molecule has 0 N–H and O–H groups in total. The van der Waals surface area contributed by atoms with Gasteiger partial charge in [-0.05, 0) is 0 Å². The Morgan fingerprint density at radius 1 is 0.333 bits per heavy atom. The third kappa shape index (κ3) is 9.70. The first-order chi connectivity index (χ1) is 17.7. The molecule has 4 rings (SSSR count). The van der Waals surface area contributed by atoms with Crippen LogP contribution in [0.25, 0.3) is 0 Å². The molecule has 0 bridgehead atoms. The molecule has 0 aromatic heterocycles. The Labute approximate surface area is 257 Å². The molecular weight excluding hydrogens is 794 g/mol. The van der Waals surface area contributed by atoms with Crippen LogP contribution in [0.4, 0.5) is 0 Å². The van der Waals surface area contributed by atoms with Gasteiger partial charge in [-0.2, -0.15) is 0 Å². The number of benzene rings is 4. The zero-order valence-electron chi connectivity index (χ0n) is 19.2. The van der Waals surface area contributed by atoms with Crippen molar-refractivity contribution in [2.75, 3.05) is 0 Å². The van der Waals surface area contributed by atoms with E-state index in [1.54, 1.807) is 0 Å². The van der Waals surface area contributed by atoms with Crippen molar-refractivity contribution in [3.8, 4) is 0 Å². The third-order valence-electron chi connectivity index (χ3n) is 4.91. The fourth-order valence-corrected chi connectivity index (χ4v) is 19.6. The van der Waals surface area contributed by atoms with E-state index < -0.39 is 0 Å². The minimum absolute atomic E-state index is 0.473. The van der Waals surface area contributed by atoms with Crippen molar-refractivity contribution in [1.29, 1.82) is 0 Å². The summed E-state index contributed by atoms with van der Waals surface area (Å²) in [5.41, 5.74) is 5.07. The molecule has 8 heteroatoms. The predicted octanol–water partition coefficient (Wildman–Crippen LogP) is 4.88. The number of alkyl halides is 4. The molecule has 0 spiro atoms. The second-order valence-electron chi connectivity index (χ2n) is 7.30. The van der Waals surface area contributed by atoms with Gasteiger partial charge in [0.25, 0.3) is 0 Å². The standard InChI is InChI=1S/2C14H12Cl2Se2/c2*15-9-11-5-1-3-7-13(11)17-18-14-8-4-2-6-12(14)10-16/h2*1-8H,9-10H2. The van der Waals surface area contributed by atoms with Crippen molar-refractivity contribution >= 4 is 117 Å². The quantitative estimate of drug-likeness (QED) is 0.158. The second kappa shape index (κ2) is 17.7. The molecule has 0 fully saturated rings. The summed E-state index contributed by atoms with van der Waals surface area (Å²) in [5, 5.41) is 0. The Balaban J connectivity index is 0.000000201. The van der Waals surface area contributed by atoms with Crippen molar-refractivity contribution in [2.24, 2.45) is 0 Å². The van der Waals surface area contributed by atoms with E-state index >= 15 is 0 Å². The molecule has 4 aromatic rings. The Morgan fingerprint density at radius 2 is 0.528 bits per heavy atom. The summed E-state index contributed by atoms with van der Waals surface area (Å²) in [5.74, 6) is 2.41. The predicted molar refractivity (Wildman–Crippen MR) is 166 cm³/mol. The molecule has 36 heavy (non-hydrogen) atoms. The van der Waals surface area contributed by atoms with Gasteiger partial charge >= 0.3 is 260 Å². The Kier molecular flexibility index (Phi) is 15.0. The molecule has 0 heterocycles. The zero-order valence-corrected chi connectivity index (χ0v) is 29.1. The first kappa shape index (κ1) is 30.7. The van der Waals surface area contributed by atoms with Gasteiger partial charge in [0.2, 0.25) is 0 Å². The first-order valence-electron chi connectivity index (χ1n) is 10.9. The van der Waals surface area contributed by atoms with Crippen LogP contribution in [-0.4, -0.2) is 52.5 Å². The van der Waals surface area contributed by atoms with Gasteiger partial charge < -0.3 is 0 Å².